The first-order chi connectivity index (χ1) is 12.0. The topological polar surface area (TPSA) is 102 Å². The molecule has 0 spiro atoms. The van der Waals surface area contributed by atoms with E-state index in [0.717, 1.165) is 25.7 Å². The average molecular weight is 347 g/mol. The summed E-state index contributed by atoms with van der Waals surface area (Å²) in [5.41, 5.74) is 0.167. The Hall–Kier alpha value is -2.77. The molecule has 1 amide bonds. The van der Waals surface area contributed by atoms with Gasteiger partial charge in [-0.3, -0.25) is 19.7 Å². The molecule has 1 aromatic carbocycles. The lowest BCUT2D eigenvalue weighted by atomic mass is 9.94. The van der Waals surface area contributed by atoms with Gasteiger partial charge in [-0.25, -0.2) is 0 Å². The Morgan fingerprint density at radius 1 is 1.40 bits per heavy atom. The minimum Gasteiger partial charge on any atom is -0.386 e. The van der Waals surface area contributed by atoms with E-state index in [-0.39, 0.29) is 29.8 Å². The lowest BCUT2D eigenvalue weighted by Gasteiger charge is -2.30. The van der Waals surface area contributed by atoms with Gasteiger partial charge in [0.2, 0.25) is 0 Å². The smallest absolute Gasteiger partial charge is 0.279 e. The average Bonchev–Trinajstić information content (AvgIpc) is 2.64. The van der Waals surface area contributed by atoms with Crippen LogP contribution in [0.1, 0.15) is 48.0 Å². The first kappa shape index (κ1) is 18.6. The summed E-state index contributed by atoms with van der Waals surface area (Å²) in [4.78, 5) is 39.9. The molecule has 2 rings (SSSR count). The SMILES string of the molecule is CN(C(=O)CON=Cc1ccc([N+](=O)[O-])c(C=O)c1)C1CCCCC1. The van der Waals surface area contributed by atoms with Gasteiger partial charge >= 0.3 is 0 Å². The molecule has 0 heterocycles. The molecule has 25 heavy (non-hydrogen) atoms. The molecule has 0 aromatic heterocycles. The third-order valence-electron chi connectivity index (χ3n) is 4.36. The summed E-state index contributed by atoms with van der Waals surface area (Å²) in [6, 6.07) is 4.29. The second kappa shape index (κ2) is 8.91. The van der Waals surface area contributed by atoms with Crippen molar-refractivity contribution in [1.29, 1.82) is 0 Å². The molecular weight excluding hydrogens is 326 g/mol. The zero-order valence-corrected chi connectivity index (χ0v) is 14.1. The molecular formula is C17H21N3O5. The number of rotatable bonds is 7. The van der Waals surface area contributed by atoms with Crippen molar-refractivity contribution in [2.45, 2.75) is 38.1 Å². The Kier molecular flexibility index (Phi) is 6.62. The van der Waals surface area contributed by atoms with Crippen molar-refractivity contribution in [2.75, 3.05) is 13.7 Å². The molecule has 1 aliphatic carbocycles. The highest BCUT2D eigenvalue weighted by atomic mass is 16.6. The Balaban J connectivity index is 1.87. The van der Waals surface area contributed by atoms with E-state index in [0.29, 0.717) is 11.8 Å². The number of amides is 1. The number of carbonyl (C=O) groups is 2. The molecule has 0 N–H and O–H groups in total. The first-order valence-electron chi connectivity index (χ1n) is 8.17. The molecule has 1 aromatic rings. The summed E-state index contributed by atoms with van der Waals surface area (Å²) in [6.45, 7) is -0.170. The zero-order chi connectivity index (χ0) is 18.2. The summed E-state index contributed by atoms with van der Waals surface area (Å²) >= 11 is 0. The van der Waals surface area contributed by atoms with Gasteiger partial charge in [-0.1, -0.05) is 24.4 Å². The van der Waals surface area contributed by atoms with Crippen LogP contribution in [-0.4, -0.2) is 47.9 Å². The van der Waals surface area contributed by atoms with Gasteiger partial charge in [0, 0.05) is 19.2 Å². The molecule has 1 saturated carbocycles. The highest BCUT2D eigenvalue weighted by Crippen LogP contribution is 2.21. The van der Waals surface area contributed by atoms with Gasteiger partial charge in [0.1, 0.15) is 0 Å². The molecule has 0 unspecified atom stereocenters. The lowest BCUT2D eigenvalue weighted by Crippen LogP contribution is -2.40. The van der Waals surface area contributed by atoms with Crippen LogP contribution in [0.25, 0.3) is 0 Å². The van der Waals surface area contributed by atoms with Gasteiger partial charge in [-0.05, 0) is 30.5 Å². The van der Waals surface area contributed by atoms with Gasteiger partial charge in [-0.2, -0.15) is 0 Å². The lowest BCUT2D eigenvalue weighted by molar-refractivity contribution is -0.385. The van der Waals surface area contributed by atoms with Gasteiger partial charge in [0.25, 0.3) is 11.6 Å². The van der Waals surface area contributed by atoms with Gasteiger partial charge in [-0.15, -0.1) is 0 Å². The van der Waals surface area contributed by atoms with E-state index in [1.54, 1.807) is 11.9 Å². The standard InChI is InChI=1S/C17H21N3O5/c1-19(15-5-3-2-4-6-15)17(22)12-25-18-10-13-7-8-16(20(23)24)14(9-13)11-21/h7-11,15H,2-6,12H2,1H3. The number of likely N-dealkylation sites (N-methyl/N-ethyl adjacent to an activating group) is 1. The third kappa shape index (κ3) is 5.10. The van der Waals surface area contributed by atoms with Crippen LogP contribution >= 0.6 is 0 Å². The maximum Gasteiger partial charge on any atom is 0.279 e. The Bertz CT molecular complexity index is 668. The van der Waals surface area contributed by atoms with E-state index in [9.17, 15) is 19.7 Å². The van der Waals surface area contributed by atoms with Crippen molar-refractivity contribution in [1.82, 2.24) is 4.90 Å². The summed E-state index contributed by atoms with van der Waals surface area (Å²) in [5, 5.41) is 14.5. The van der Waals surface area contributed by atoms with Crippen LogP contribution in [0.4, 0.5) is 5.69 Å². The van der Waals surface area contributed by atoms with E-state index in [1.807, 2.05) is 0 Å². The van der Waals surface area contributed by atoms with E-state index < -0.39 is 4.92 Å². The number of benzene rings is 1. The number of oxime groups is 1. The fraction of sp³-hybridized carbons (Fsp3) is 0.471. The summed E-state index contributed by atoms with van der Waals surface area (Å²) < 4.78 is 0. The molecule has 0 bridgehead atoms. The molecule has 8 heteroatoms. The van der Waals surface area contributed by atoms with Gasteiger partial charge in [0.05, 0.1) is 16.7 Å². The number of aldehydes is 1. The van der Waals surface area contributed by atoms with Crippen LogP contribution in [-0.2, 0) is 9.63 Å². The number of hydrogen-bond donors (Lipinski definition) is 0. The van der Waals surface area contributed by atoms with Crippen LogP contribution in [0.15, 0.2) is 23.4 Å². The molecule has 0 atom stereocenters. The molecule has 0 saturated heterocycles. The Morgan fingerprint density at radius 2 is 2.12 bits per heavy atom. The first-order valence-corrected chi connectivity index (χ1v) is 8.17. The molecule has 1 aliphatic rings. The summed E-state index contributed by atoms with van der Waals surface area (Å²) in [5.74, 6) is -0.138. The number of nitro groups is 1. The fourth-order valence-corrected chi connectivity index (χ4v) is 2.88. The number of hydrogen-bond acceptors (Lipinski definition) is 6. The Morgan fingerprint density at radius 3 is 2.76 bits per heavy atom. The van der Waals surface area contributed by atoms with E-state index in [1.165, 1.54) is 30.8 Å². The third-order valence-corrected chi connectivity index (χ3v) is 4.36. The number of nitro benzene ring substituents is 1. The van der Waals surface area contributed by atoms with Crippen LogP contribution in [0, 0.1) is 10.1 Å². The monoisotopic (exact) mass is 347 g/mol. The minimum absolute atomic E-state index is 0.0398. The maximum absolute atomic E-state index is 12.1. The van der Waals surface area contributed by atoms with Crippen molar-refractivity contribution in [2.24, 2.45) is 5.16 Å². The Labute approximate surface area is 145 Å². The van der Waals surface area contributed by atoms with Gasteiger partial charge < -0.3 is 9.74 Å². The predicted octanol–water partition coefficient (Wildman–Crippen LogP) is 2.55. The van der Waals surface area contributed by atoms with E-state index in [4.69, 9.17) is 4.84 Å². The number of carbonyl (C=O) groups excluding carboxylic acids is 2. The zero-order valence-electron chi connectivity index (χ0n) is 14.1. The minimum atomic E-state index is -0.624. The van der Waals surface area contributed by atoms with E-state index in [2.05, 4.69) is 5.16 Å². The summed E-state index contributed by atoms with van der Waals surface area (Å²) in [6.07, 6.45) is 7.26. The van der Waals surface area contributed by atoms with Crippen molar-refractivity contribution >= 4 is 24.1 Å². The van der Waals surface area contributed by atoms with Crippen molar-refractivity contribution in [3.63, 3.8) is 0 Å². The van der Waals surface area contributed by atoms with E-state index >= 15 is 0 Å². The van der Waals surface area contributed by atoms with Crippen molar-refractivity contribution < 1.29 is 19.3 Å². The van der Waals surface area contributed by atoms with Crippen LogP contribution in [0.2, 0.25) is 0 Å². The van der Waals surface area contributed by atoms with Crippen LogP contribution in [0.5, 0.6) is 0 Å². The molecule has 1 fully saturated rings. The van der Waals surface area contributed by atoms with Crippen molar-refractivity contribution in [3.8, 4) is 0 Å². The quantitative estimate of drug-likeness (QED) is 0.326. The molecule has 8 nitrogen and oxygen atoms in total. The number of nitrogens with zero attached hydrogens (tertiary/aromatic N) is 3. The van der Waals surface area contributed by atoms with Crippen LogP contribution in [0.3, 0.4) is 0 Å². The second-order valence-corrected chi connectivity index (χ2v) is 6.00. The van der Waals surface area contributed by atoms with Crippen molar-refractivity contribution in [3.05, 3.63) is 39.4 Å². The van der Waals surface area contributed by atoms with Crippen LogP contribution < -0.4 is 0 Å². The second-order valence-electron chi connectivity index (χ2n) is 6.00. The normalized spacial score (nSPS) is 15.1. The predicted molar refractivity (Wildman–Crippen MR) is 91.7 cm³/mol. The maximum atomic E-state index is 12.1. The highest BCUT2D eigenvalue weighted by Gasteiger charge is 2.22. The van der Waals surface area contributed by atoms with Gasteiger partial charge in [0.15, 0.2) is 12.9 Å². The molecule has 0 radical (unpaired) electrons. The highest BCUT2D eigenvalue weighted by molar-refractivity contribution is 5.87. The largest absolute Gasteiger partial charge is 0.386 e. The summed E-state index contributed by atoms with van der Waals surface area (Å²) in [7, 11) is 1.78. The molecule has 134 valence electrons. The fourth-order valence-electron chi connectivity index (χ4n) is 2.88. The molecule has 0 aliphatic heterocycles.